The van der Waals surface area contributed by atoms with Gasteiger partial charge in [-0.05, 0) is 73.8 Å². The lowest BCUT2D eigenvalue weighted by atomic mass is 9.49. The molecular weight excluding hydrogens is 424 g/mol. The molecule has 0 aliphatic heterocycles. The molecule has 0 spiro atoms. The van der Waals surface area contributed by atoms with Gasteiger partial charge in [-0.15, -0.1) is 9.89 Å². The molecule has 1 heterocycles. The molecule has 0 unspecified atom stereocenters. The molecule has 3 aromatic rings. The first-order valence-electron chi connectivity index (χ1n) is 11.7. The lowest BCUT2D eigenvalue weighted by molar-refractivity contribution is -0.125. The van der Waals surface area contributed by atoms with Gasteiger partial charge in [0.1, 0.15) is 17.3 Å². The van der Waals surface area contributed by atoms with Crippen molar-refractivity contribution >= 4 is 16.7 Å². The number of carbonyl (C=O) groups excluding carboxylic acids is 1. The predicted octanol–water partition coefficient (Wildman–Crippen LogP) is 5.02. The standard InChI is InChI=1S/C26H25F2N3O2/c27-19-6-7-20(28)23-22(19)24(18-4-2-1-3-5-18)30-31(25(23)33)29-21(32)14-26-11-15-8-16(12-26)10-17(9-15)13-26/h1-7,15-17H,8-14H2,(H,29,32). The summed E-state index contributed by atoms with van der Waals surface area (Å²) in [6.45, 7) is 0. The second-order valence-electron chi connectivity index (χ2n) is 10.3. The SMILES string of the molecule is O=C(CC12CC3CC(CC(C3)C1)C2)Nn1nc(-c2ccccc2)c2c(F)ccc(F)c2c1=O. The minimum absolute atomic E-state index is 0.0150. The van der Waals surface area contributed by atoms with E-state index in [1.165, 1.54) is 19.3 Å². The number of aromatic nitrogens is 2. The highest BCUT2D eigenvalue weighted by atomic mass is 19.1. The van der Waals surface area contributed by atoms with Crippen LogP contribution in [0.25, 0.3) is 22.0 Å². The molecule has 4 saturated carbocycles. The van der Waals surface area contributed by atoms with E-state index in [9.17, 15) is 18.4 Å². The maximum atomic E-state index is 14.7. The summed E-state index contributed by atoms with van der Waals surface area (Å²) < 4.78 is 29.4. The van der Waals surface area contributed by atoms with Crippen LogP contribution >= 0.6 is 0 Å². The van der Waals surface area contributed by atoms with E-state index in [2.05, 4.69) is 10.5 Å². The quantitative estimate of drug-likeness (QED) is 0.609. The highest BCUT2D eigenvalue weighted by Gasteiger charge is 2.51. The van der Waals surface area contributed by atoms with Crippen LogP contribution in [0.15, 0.2) is 47.3 Å². The monoisotopic (exact) mass is 449 g/mol. The number of benzene rings is 2. The Hall–Kier alpha value is -3.09. The number of carbonyl (C=O) groups is 1. The Kier molecular flexibility index (Phi) is 4.64. The molecule has 4 bridgehead atoms. The summed E-state index contributed by atoms with van der Waals surface area (Å²) in [6.07, 6.45) is 7.33. The Balaban J connectivity index is 1.38. The fourth-order valence-electron chi connectivity index (χ4n) is 7.17. The Morgan fingerprint density at radius 1 is 0.939 bits per heavy atom. The van der Waals surface area contributed by atoms with Crippen molar-refractivity contribution in [2.45, 2.75) is 44.9 Å². The normalized spacial score (nSPS) is 27.8. The third-order valence-corrected chi connectivity index (χ3v) is 7.93. The Morgan fingerprint density at radius 2 is 1.52 bits per heavy atom. The van der Waals surface area contributed by atoms with Crippen LogP contribution in [-0.4, -0.2) is 15.8 Å². The molecule has 1 N–H and O–H groups in total. The molecule has 4 fully saturated rings. The van der Waals surface area contributed by atoms with E-state index in [4.69, 9.17) is 0 Å². The Bertz CT molecular complexity index is 1280. The molecule has 7 rings (SSSR count). The third-order valence-electron chi connectivity index (χ3n) is 7.93. The number of hydrogen-bond acceptors (Lipinski definition) is 3. The molecule has 4 aliphatic rings. The topological polar surface area (TPSA) is 64.0 Å². The first-order valence-corrected chi connectivity index (χ1v) is 11.7. The fourth-order valence-corrected chi connectivity index (χ4v) is 7.17. The van der Waals surface area contributed by atoms with Crippen molar-refractivity contribution < 1.29 is 13.6 Å². The number of rotatable bonds is 4. The van der Waals surface area contributed by atoms with Crippen LogP contribution in [-0.2, 0) is 4.79 Å². The molecule has 170 valence electrons. The number of halogens is 2. The third kappa shape index (κ3) is 3.45. The minimum atomic E-state index is -0.874. The summed E-state index contributed by atoms with van der Waals surface area (Å²) in [6, 6.07) is 10.6. The van der Waals surface area contributed by atoms with Gasteiger partial charge in [-0.25, -0.2) is 14.2 Å². The van der Waals surface area contributed by atoms with E-state index in [0.717, 1.165) is 36.2 Å². The smallest absolute Gasteiger partial charge is 0.273 e. The Morgan fingerprint density at radius 3 is 2.12 bits per heavy atom. The van der Waals surface area contributed by atoms with Gasteiger partial charge in [0.2, 0.25) is 5.91 Å². The van der Waals surface area contributed by atoms with Gasteiger partial charge in [-0.1, -0.05) is 30.3 Å². The van der Waals surface area contributed by atoms with Gasteiger partial charge in [-0.3, -0.25) is 9.59 Å². The van der Waals surface area contributed by atoms with Crippen molar-refractivity contribution in [2.24, 2.45) is 23.2 Å². The number of nitrogens with zero attached hydrogens (tertiary/aromatic N) is 2. The van der Waals surface area contributed by atoms with Gasteiger partial charge < -0.3 is 0 Å². The molecule has 0 atom stereocenters. The van der Waals surface area contributed by atoms with Crippen molar-refractivity contribution in [1.29, 1.82) is 0 Å². The van der Waals surface area contributed by atoms with Gasteiger partial charge in [-0.2, -0.15) is 0 Å². The average Bonchev–Trinajstić information content (AvgIpc) is 2.77. The van der Waals surface area contributed by atoms with Crippen molar-refractivity contribution in [3.63, 3.8) is 0 Å². The molecule has 4 aliphatic carbocycles. The van der Waals surface area contributed by atoms with Crippen molar-refractivity contribution in [2.75, 3.05) is 5.43 Å². The zero-order valence-electron chi connectivity index (χ0n) is 18.2. The lowest BCUT2D eigenvalue weighted by Gasteiger charge is -2.56. The van der Waals surface area contributed by atoms with Gasteiger partial charge >= 0.3 is 0 Å². The number of fused-ring (bicyclic) bond motifs is 1. The van der Waals surface area contributed by atoms with E-state index in [0.29, 0.717) is 29.7 Å². The molecule has 5 nitrogen and oxygen atoms in total. The van der Waals surface area contributed by atoms with Crippen LogP contribution in [0.2, 0.25) is 0 Å². The van der Waals surface area contributed by atoms with Gasteiger partial charge in [0.05, 0.1) is 10.8 Å². The van der Waals surface area contributed by atoms with Crippen molar-refractivity contribution in [1.82, 2.24) is 9.89 Å². The first kappa shape index (κ1) is 20.5. The number of nitrogens with one attached hydrogen (secondary N) is 1. The summed E-state index contributed by atoms with van der Waals surface area (Å²) in [5.74, 6) is 0.218. The molecule has 7 heteroatoms. The zero-order valence-corrected chi connectivity index (χ0v) is 18.2. The van der Waals surface area contributed by atoms with Crippen molar-refractivity contribution in [3.05, 3.63) is 64.5 Å². The van der Waals surface area contributed by atoms with Crippen molar-refractivity contribution in [3.8, 4) is 11.3 Å². The minimum Gasteiger partial charge on any atom is -0.273 e. The second kappa shape index (κ2) is 7.47. The van der Waals surface area contributed by atoms with Crippen LogP contribution in [0.3, 0.4) is 0 Å². The summed E-state index contributed by atoms with van der Waals surface area (Å²) in [4.78, 5) is 27.0. The summed E-state index contributed by atoms with van der Waals surface area (Å²) in [7, 11) is 0. The maximum Gasteiger partial charge on any atom is 0.297 e. The van der Waals surface area contributed by atoms with Crippen LogP contribution in [0, 0.1) is 34.8 Å². The summed E-state index contributed by atoms with van der Waals surface area (Å²) in [5.41, 5.74) is 2.34. The molecule has 0 saturated heterocycles. The fraction of sp³-hybridized carbons (Fsp3) is 0.423. The molecule has 0 radical (unpaired) electrons. The zero-order chi connectivity index (χ0) is 22.7. The lowest BCUT2D eigenvalue weighted by Crippen LogP contribution is -2.48. The van der Waals surface area contributed by atoms with Crippen LogP contribution in [0.1, 0.15) is 44.9 Å². The largest absolute Gasteiger partial charge is 0.297 e. The van der Waals surface area contributed by atoms with E-state index in [-0.39, 0.29) is 22.4 Å². The molecule has 33 heavy (non-hydrogen) atoms. The number of amides is 1. The molecule has 1 amide bonds. The van der Waals surface area contributed by atoms with Gasteiger partial charge in [0.15, 0.2) is 0 Å². The van der Waals surface area contributed by atoms with Gasteiger partial charge in [0, 0.05) is 12.0 Å². The van der Waals surface area contributed by atoms with E-state index in [1.54, 1.807) is 30.3 Å². The second-order valence-corrected chi connectivity index (χ2v) is 10.3. The van der Waals surface area contributed by atoms with E-state index < -0.39 is 22.6 Å². The van der Waals surface area contributed by atoms with E-state index >= 15 is 0 Å². The van der Waals surface area contributed by atoms with Crippen LogP contribution < -0.4 is 11.0 Å². The number of hydrogen-bond donors (Lipinski definition) is 1. The highest BCUT2D eigenvalue weighted by molar-refractivity contribution is 5.95. The molecular formula is C26H25F2N3O2. The highest BCUT2D eigenvalue weighted by Crippen LogP contribution is 2.61. The van der Waals surface area contributed by atoms with Crippen LogP contribution in [0.5, 0.6) is 0 Å². The molecule has 1 aromatic heterocycles. The summed E-state index contributed by atoms with van der Waals surface area (Å²) >= 11 is 0. The predicted molar refractivity (Wildman–Crippen MR) is 121 cm³/mol. The first-order chi connectivity index (χ1) is 15.9. The Labute approximate surface area is 189 Å². The summed E-state index contributed by atoms with van der Waals surface area (Å²) in [5, 5.41) is 3.67. The van der Waals surface area contributed by atoms with Gasteiger partial charge in [0.25, 0.3) is 5.56 Å². The van der Waals surface area contributed by atoms with Crippen LogP contribution in [0.4, 0.5) is 8.78 Å². The maximum absolute atomic E-state index is 14.7. The molecule has 2 aromatic carbocycles. The van der Waals surface area contributed by atoms with E-state index in [1.807, 2.05) is 0 Å². The average molecular weight is 450 g/mol.